The van der Waals surface area contributed by atoms with E-state index >= 15 is 0 Å². The summed E-state index contributed by atoms with van der Waals surface area (Å²) in [6.45, 7) is 0. The first kappa shape index (κ1) is 12.9. The predicted molar refractivity (Wildman–Crippen MR) is 66.7 cm³/mol. The SMILES string of the molecule is O=C1NC(C(F)(F)F)c2ccccc2N1C#CC1CC1. The van der Waals surface area contributed by atoms with Gasteiger partial charge in [0.2, 0.25) is 0 Å². The van der Waals surface area contributed by atoms with Crippen molar-refractivity contribution in [3.8, 4) is 12.0 Å². The van der Waals surface area contributed by atoms with Gasteiger partial charge in [-0.05, 0) is 18.9 Å². The fourth-order valence-corrected chi connectivity index (χ4v) is 2.06. The van der Waals surface area contributed by atoms with Gasteiger partial charge in [-0.25, -0.2) is 9.69 Å². The largest absolute Gasteiger partial charge is 0.413 e. The second-order valence-electron chi connectivity index (χ2n) is 4.85. The van der Waals surface area contributed by atoms with Gasteiger partial charge in [0.15, 0.2) is 6.04 Å². The van der Waals surface area contributed by atoms with Crippen molar-refractivity contribution in [2.24, 2.45) is 5.92 Å². The molecule has 3 rings (SSSR count). The molecule has 1 unspecified atom stereocenters. The van der Waals surface area contributed by atoms with E-state index < -0.39 is 18.2 Å². The first-order valence-corrected chi connectivity index (χ1v) is 6.24. The van der Waals surface area contributed by atoms with Crippen LogP contribution in [0, 0.1) is 17.9 Å². The topological polar surface area (TPSA) is 32.3 Å². The highest BCUT2D eigenvalue weighted by molar-refractivity contribution is 5.98. The molecule has 1 aliphatic heterocycles. The van der Waals surface area contributed by atoms with Crippen LogP contribution in [0.1, 0.15) is 24.4 Å². The summed E-state index contributed by atoms with van der Waals surface area (Å²) in [5.74, 6) is 3.14. The molecule has 1 heterocycles. The maximum atomic E-state index is 13.0. The summed E-state index contributed by atoms with van der Waals surface area (Å²) in [5.41, 5.74) is 0.219. The van der Waals surface area contributed by atoms with E-state index in [1.54, 1.807) is 6.07 Å². The number of rotatable bonds is 0. The molecule has 0 saturated heterocycles. The maximum Gasteiger partial charge on any atom is 0.413 e. The van der Waals surface area contributed by atoms with Gasteiger partial charge in [-0.2, -0.15) is 13.2 Å². The van der Waals surface area contributed by atoms with Crippen molar-refractivity contribution in [1.82, 2.24) is 5.32 Å². The van der Waals surface area contributed by atoms with Crippen LogP contribution in [0.2, 0.25) is 0 Å². The zero-order valence-electron chi connectivity index (χ0n) is 10.4. The first-order valence-electron chi connectivity index (χ1n) is 6.24. The van der Waals surface area contributed by atoms with Gasteiger partial charge in [0.25, 0.3) is 0 Å². The van der Waals surface area contributed by atoms with Gasteiger partial charge in [0, 0.05) is 17.5 Å². The van der Waals surface area contributed by atoms with E-state index in [0.717, 1.165) is 17.7 Å². The molecular weight excluding hydrogens is 269 g/mol. The van der Waals surface area contributed by atoms with Crippen molar-refractivity contribution in [2.75, 3.05) is 4.90 Å². The minimum atomic E-state index is -4.53. The van der Waals surface area contributed by atoms with Gasteiger partial charge in [0.1, 0.15) is 0 Å². The molecule has 0 radical (unpaired) electrons. The van der Waals surface area contributed by atoms with E-state index in [4.69, 9.17) is 0 Å². The molecule has 104 valence electrons. The van der Waals surface area contributed by atoms with Crippen molar-refractivity contribution in [2.45, 2.75) is 25.1 Å². The van der Waals surface area contributed by atoms with Crippen molar-refractivity contribution in [3.05, 3.63) is 29.8 Å². The van der Waals surface area contributed by atoms with Crippen LogP contribution in [-0.2, 0) is 0 Å². The molecule has 1 atom stereocenters. The first-order chi connectivity index (χ1) is 9.47. The number of hydrogen-bond donors (Lipinski definition) is 1. The molecular formula is C14H11F3N2O. The highest BCUT2D eigenvalue weighted by Crippen LogP contribution is 2.40. The van der Waals surface area contributed by atoms with Crippen LogP contribution in [0.3, 0.4) is 0 Å². The van der Waals surface area contributed by atoms with Crippen LogP contribution in [0.5, 0.6) is 0 Å². The van der Waals surface area contributed by atoms with Gasteiger partial charge in [-0.1, -0.05) is 24.1 Å². The highest BCUT2D eigenvalue weighted by atomic mass is 19.4. The molecule has 1 fully saturated rings. The van der Waals surface area contributed by atoms with Crippen LogP contribution < -0.4 is 10.2 Å². The second-order valence-corrected chi connectivity index (χ2v) is 4.85. The number of alkyl halides is 3. The smallest absolute Gasteiger partial charge is 0.321 e. The number of nitrogens with zero attached hydrogens (tertiary/aromatic N) is 1. The number of urea groups is 1. The number of carbonyl (C=O) groups is 1. The minimum Gasteiger partial charge on any atom is -0.321 e. The Morgan fingerprint density at radius 2 is 1.95 bits per heavy atom. The Morgan fingerprint density at radius 3 is 2.60 bits per heavy atom. The van der Waals surface area contributed by atoms with Gasteiger partial charge in [-0.15, -0.1) is 0 Å². The lowest BCUT2D eigenvalue weighted by molar-refractivity contribution is -0.155. The summed E-state index contributed by atoms with van der Waals surface area (Å²) in [5, 5.41) is 1.97. The third-order valence-electron chi connectivity index (χ3n) is 3.24. The zero-order valence-corrected chi connectivity index (χ0v) is 10.4. The van der Waals surface area contributed by atoms with Crippen LogP contribution in [0.4, 0.5) is 23.7 Å². The van der Waals surface area contributed by atoms with E-state index in [-0.39, 0.29) is 17.2 Å². The molecule has 3 nitrogen and oxygen atoms in total. The van der Waals surface area contributed by atoms with Gasteiger partial charge >= 0.3 is 12.2 Å². The summed E-state index contributed by atoms with van der Waals surface area (Å²) >= 11 is 0. The fourth-order valence-electron chi connectivity index (χ4n) is 2.06. The highest BCUT2D eigenvalue weighted by Gasteiger charge is 2.46. The number of carbonyl (C=O) groups excluding carboxylic acids is 1. The molecule has 0 bridgehead atoms. The summed E-state index contributed by atoms with van der Waals surface area (Å²) in [6.07, 6.45) is -2.56. The van der Waals surface area contributed by atoms with Crippen LogP contribution in [-0.4, -0.2) is 12.2 Å². The molecule has 1 aromatic rings. The standard InChI is InChI=1S/C14H11F3N2O/c15-14(16,17)12-10-3-1-2-4-11(10)19(13(20)18-12)8-7-9-5-6-9/h1-4,9,12H,5-6H2,(H,18,20). The van der Waals surface area contributed by atoms with Gasteiger partial charge in [0.05, 0.1) is 5.69 Å². The van der Waals surface area contributed by atoms with E-state index in [0.29, 0.717) is 0 Å². The molecule has 1 saturated carbocycles. The minimum absolute atomic E-state index is 0.0182. The monoisotopic (exact) mass is 280 g/mol. The van der Waals surface area contributed by atoms with Gasteiger partial charge in [-0.3, -0.25) is 0 Å². The van der Waals surface area contributed by atoms with Crippen molar-refractivity contribution in [3.63, 3.8) is 0 Å². The Bertz CT molecular complexity index is 611. The van der Waals surface area contributed by atoms with Crippen LogP contribution in [0.15, 0.2) is 24.3 Å². The van der Waals surface area contributed by atoms with E-state index in [2.05, 4.69) is 12.0 Å². The average molecular weight is 280 g/mol. The molecule has 1 aromatic carbocycles. The lowest BCUT2D eigenvalue weighted by atomic mass is 10.0. The average Bonchev–Trinajstić information content (AvgIpc) is 3.20. The Kier molecular flexibility index (Phi) is 2.85. The number of nitrogens with one attached hydrogen (secondary N) is 1. The third kappa shape index (κ3) is 2.31. The Balaban J connectivity index is 2.02. The predicted octanol–water partition coefficient (Wildman–Crippen LogP) is 3.19. The number of hydrogen-bond acceptors (Lipinski definition) is 1. The zero-order chi connectivity index (χ0) is 14.3. The summed E-state index contributed by atoms with van der Waals surface area (Å²) < 4.78 is 38.9. The van der Waals surface area contributed by atoms with E-state index in [1.165, 1.54) is 18.2 Å². The molecule has 1 aliphatic carbocycles. The number of fused-ring (bicyclic) bond motifs is 1. The Hall–Kier alpha value is -2.16. The van der Waals surface area contributed by atoms with Crippen molar-refractivity contribution in [1.29, 1.82) is 0 Å². The Morgan fingerprint density at radius 1 is 1.25 bits per heavy atom. The summed E-state index contributed by atoms with van der Waals surface area (Å²) in [6, 6.07) is 5.80. The van der Waals surface area contributed by atoms with Gasteiger partial charge < -0.3 is 5.32 Å². The number of benzene rings is 1. The molecule has 1 N–H and O–H groups in total. The number of para-hydroxylation sites is 1. The number of amides is 2. The fraction of sp³-hybridized carbons (Fsp3) is 0.357. The maximum absolute atomic E-state index is 13.0. The molecule has 0 spiro atoms. The number of anilines is 1. The summed E-state index contributed by atoms with van der Waals surface area (Å²) in [7, 11) is 0. The van der Waals surface area contributed by atoms with E-state index in [1.807, 2.05) is 5.32 Å². The Labute approximate surface area is 113 Å². The van der Waals surface area contributed by atoms with Crippen LogP contribution >= 0.6 is 0 Å². The molecule has 2 aliphatic rings. The van der Waals surface area contributed by atoms with E-state index in [9.17, 15) is 18.0 Å². The quantitative estimate of drug-likeness (QED) is 0.727. The number of halogens is 3. The summed E-state index contributed by atoms with van der Waals surface area (Å²) in [4.78, 5) is 12.9. The van der Waals surface area contributed by atoms with Crippen molar-refractivity contribution >= 4 is 11.7 Å². The normalized spacial score (nSPS) is 21.6. The van der Waals surface area contributed by atoms with Crippen molar-refractivity contribution < 1.29 is 18.0 Å². The lowest BCUT2D eigenvalue weighted by Crippen LogP contribution is -2.49. The molecule has 6 heteroatoms. The molecule has 0 aromatic heterocycles. The van der Waals surface area contributed by atoms with Crippen LogP contribution in [0.25, 0.3) is 0 Å². The lowest BCUT2D eigenvalue weighted by Gasteiger charge is -2.32. The molecule has 20 heavy (non-hydrogen) atoms. The third-order valence-corrected chi connectivity index (χ3v) is 3.24. The molecule has 2 amide bonds. The second kappa shape index (κ2) is 4.44.